The van der Waals surface area contributed by atoms with E-state index in [2.05, 4.69) is 4.99 Å². The molecule has 26 heavy (non-hydrogen) atoms. The van der Waals surface area contributed by atoms with Crippen LogP contribution in [0.4, 0.5) is 5.69 Å². The van der Waals surface area contributed by atoms with Gasteiger partial charge in [0.15, 0.2) is 0 Å². The molecule has 3 nitrogen and oxygen atoms in total. The van der Waals surface area contributed by atoms with Gasteiger partial charge < -0.3 is 0 Å². The number of anilines is 1. The number of rotatable bonds is 3. The lowest BCUT2D eigenvalue weighted by Crippen LogP contribution is -2.30. The van der Waals surface area contributed by atoms with Gasteiger partial charge in [0.25, 0.3) is 5.91 Å². The molecule has 3 heteroatoms. The van der Waals surface area contributed by atoms with Crippen LogP contribution in [0.1, 0.15) is 18.1 Å². The molecule has 126 valence electrons. The molecule has 0 saturated carbocycles. The van der Waals surface area contributed by atoms with Crippen molar-refractivity contribution in [2.75, 3.05) is 4.90 Å². The number of aliphatic imine (C=N–C) groups is 1. The molecule has 0 spiro atoms. The summed E-state index contributed by atoms with van der Waals surface area (Å²) >= 11 is 0. The van der Waals surface area contributed by atoms with Crippen LogP contribution in [0, 0.1) is 0 Å². The van der Waals surface area contributed by atoms with E-state index in [1.807, 2.05) is 97.9 Å². The fourth-order valence-electron chi connectivity index (χ4n) is 3.21. The van der Waals surface area contributed by atoms with Gasteiger partial charge in [0.2, 0.25) is 0 Å². The Kier molecular flexibility index (Phi) is 4.20. The van der Waals surface area contributed by atoms with E-state index in [1.165, 1.54) is 0 Å². The van der Waals surface area contributed by atoms with Crippen LogP contribution in [0.5, 0.6) is 0 Å². The fourth-order valence-corrected chi connectivity index (χ4v) is 3.21. The highest BCUT2D eigenvalue weighted by Gasteiger charge is 2.32. The molecule has 0 aromatic heterocycles. The van der Waals surface area contributed by atoms with Crippen molar-refractivity contribution in [3.8, 4) is 0 Å². The summed E-state index contributed by atoms with van der Waals surface area (Å²) in [4.78, 5) is 19.6. The number of hydrogen-bond donors (Lipinski definition) is 0. The maximum Gasteiger partial charge on any atom is 0.283 e. The standard InChI is InChI=1S/C23H18N2O/c1-17-24-22(23(26)25(17)20-15-9-4-10-16-20)21(18-11-5-2-6-12-18)19-13-7-3-8-14-19/h2-16H,1H3. The maximum atomic E-state index is 13.3. The van der Waals surface area contributed by atoms with Crippen LogP contribution in [-0.4, -0.2) is 11.7 Å². The highest BCUT2D eigenvalue weighted by atomic mass is 16.2. The molecule has 0 aliphatic carbocycles. The molecule has 1 aliphatic heterocycles. The Hall–Kier alpha value is -3.46. The molecule has 4 rings (SSSR count). The number of carbonyl (C=O) groups is 1. The second-order valence-corrected chi connectivity index (χ2v) is 6.09. The molecule has 0 radical (unpaired) electrons. The van der Waals surface area contributed by atoms with Gasteiger partial charge in [-0.3, -0.25) is 9.69 Å². The van der Waals surface area contributed by atoms with Crippen LogP contribution >= 0.6 is 0 Å². The lowest BCUT2D eigenvalue weighted by Gasteiger charge is -2.16. The highest BCUT2D eigenvalue weighted by Crippen LogP contribution is 2.33. The van der Waals surface area contributed by atoms with Gasteiger partial charge in [0, 0.05) is 5.57 Å². The third kappa shape index (κ3) is 2.84. The van der Waals surface area contributed by atoms with E-state index in [0.29, 0.717) is 11.5 Å². The SMILES string of the molecule is CC1=NC(=C(c2ccccc2)c2ccccc2)C(=O)N1c1ccccc1. The second kappa shape index (κ2) is 6.81. The summed E-state index contributed by atoms with van der Waals surface area (Å²) < 4.78 is 0. The Morgan fingerprint density at radius 2 is 1.19 bits per heavy atom. The van der Waals surface area contributed by atoms with Gasteiger partial charge in [0.05, 0.1) is 5.69 Å². The Balaban J connectivity index is 1.90. The van der Waals surface area contributed by atoms with Crippen molar-refractivity contribution in [1.82, 2.24) is 0 Å². The fraction of sp³-hybridized carbons (Fsp3) is 0.0435. The topological polar surface area (TPSA) is 32.7 Å². The van der Waals surface area contributed by atoms with Crippen LogP contribution < -0.4 is 4.90 Å². The lowest BCUT2D eigenvalue weighted by molar-refractivity contribution is -0.113. The van der Waals surface area contributed by atoms with Gasteiger partial charge >= 0.3 is 0 Å². The first-order chi connectivity index (χ1) is 12.8. The summed E-state index contributed by atoms with van der Waals surface area (Å²) in [5, 5.41) is 0. The Labute approximate surface area is 152 Å². The predicted molar refractivity (Wildman–Crippen MR) is 106 cm³/mol. The minimum absolute atomic E-state index is 0.101. The molecule has 0 saturated heterocycles. The van der Waals surface area contributed by atoms with Crippen molar-refractivity contribution in [1.29, 1.82) is 0 Å². The predicted octanol–water partition coefficient (Wildman–Crippen LogP) is 4.91. The monoisotopic (exact) mass is 338 g/mol. The average Bonchev–Trinajstić information content (AvgIpc) is 2.98. The molecule has 3 aromatic rings. The first-order valence-electron chi connectivity index (χ1n) is 8.55. The molecular weight excluding hydrogens is 320 g/mol. The quantitative estimate of drug-likeness (QED) is 0.625. The lowest BCUT2D eigenvalue weighted by atomic mass is 9.95. The number of benzene rings is 3. The van der Waals surface area contributed by atoms with E-state index in [4.69, 9.17) is 0 Å². The van der Waals surface area contributed by atoms with Gasteiger partial charge in [-0.2, -0.15) is 0 Å². The zero-order chi connectivity index (χ0) is 17.9. The van der Waals surface area contributed by atoms with E-state index >= 15 is 0 Å². The third-order valence-corrected chi connectivity index (χ3v) is 4.38. The van der Waals surface area contributed by atoms with E-state index in [-0.39, 0.29) is 5.91 Å². The van der Waals surface area contributed by atoms with Gasteiger partial charge in [-0.25, -0.2) is 4.99 Å². The Morgan fingerprint density at radius 1 is 0.731 bits per heavy atom. The molecular formula is C23H18N2O. The summed E-state index contributed by atoms with van der Waals surface area (Å²) in [7, 11) is 0. The molecule has 0 atom stereocenters. The maximum absolute atomic E-state index is 13.3. The average molecular weight is 338 g/mol. The zero-order valence-corrected chi connectivity index (χ0v) is 14.5. The summed E-state index contributed by atoms with van der Waals surface area (Å²) in [6.45, 7) is 1.87. The largest absolute Gasteiger partial charge is 0.283 e. The van der Waals surface area contributed by atoms with Gasteiger partial charge in [0.1, 0.15) is 11.5 Å². The third-order valence-electron chi connectivity index (χ3n) is 4.38. The van der Waals surface area contributed by atoms with E-state index in [0.717, 1.165) is 22.4 Å². The number of hydrogen-bond acceptors (Lipinski definition) is 2. The van der Waals surface area contributed by atoms with Crippen molar-refractivity contribution >= 4 is 23.0 Å². The van der Waals surface area contributed by atoms with Crippen molar-refractivity contribution < 1.29 is 4.79 Å². The highest BCUT2D eigenvalue weighted by molar-refractivity contribution is 6.29. The normalized spacial score (nSPS) is 13.7. The molecule has 0 N–H and O–H groups in total. The Bertz CT molecular complexity index is 949. The molecule has 1 amide bonds. The smallest absolute Gasteiger partial charge is 0.266 e. The van der Waals surface area contributed by atoms with Gasteiger partial charge in [-0.05, 0) is 30.2 Å². The molecule has 0 fully saturated rings. The second-order valence-electron chi connectivity index (χ2n) is 6.09. The number of nitrogens with zero attached hydrogens (tertiary/aromatic N) is 2. The summed E-state index contributed by atoms with van der Waals surface area (Å²) in [5.41, 5.74) is 4.12. The number of carbonyl (C=O) groups excluding carboxylic acids is 1. The summed E-state index contributed by atoms with van der Waals surface area (Å²) in [5.74, 6) is 0.581. The first-order valence-corrected chi connectivity index (χ1v) is 8.55. The van der Waals surface area contributed by atoms with Crippen molar-refractivity contribution in [2.45, 2.75) is 6.92 Å². The molecule has 0 bridgehead atoms. The number of para-hydroxylation sites is 1. The molecule has 1 aliphatic rings. The number of amidine groups is 1. The summed E-state index contributed by atoms with van der Waals surface area (Å²) in [6, 6.07) is 29.5. The number of amides is 1. The van der Waals surface area contributed by atoms with Crippen molar-refractivity contribution in [2.24, 2.45) is 4.99 Å². The van der Waals surface area contributed by atoms with E-state index in [9.17, 15) is 4.79 Å². The van der Waals surface area contributed by atoms with Crippen LogP contribution in [-0.2, 0) is 4.79 Å². The van der Waals surface area contributed by atoms with Gasteiger partial charge in [-0.15, -0.1) is 0 Å². The minimum atomic E-state index is -0.101. The molecule has 1 heterocycles. The minimum Gasteiger partial charge on any atom is -0.266 e. The van der Waals surface area contributed by atoms with Crippen molar-refractivity contribution in [3.05, 3.63) is 108 Å². The Morgan fingerprint density at radius 3 is 1.69 bits per heavy atom. The van der Waals surface area contributed by atoms with Crippen LogP contribution in [0.3, 0.4) is 0 Å². The molecule has 3 aromatic carbocycles. The van der Waals surface area contributed by atoms with Crippen LogP contribution in [0.2, 0.25) is 0 Å². The van der Waals surface area contributed by atoms with Crippen LogP contribution in [0.15, 0.2) is 102 Å². The zero-order valence-electron chi connectivity index (χ0n) is 14.5. The van der Waals surface area contributed by atoms with Crippen LogP contribution in [0.25, 0.3) is 5.57 Å². The van der Waals surface area contributed by atoms with E-state index in [1.54, 1.807) is 4.90 Å². The van der Waals surface area contributed by atoms with E-state index < -0.39 is 0 Å². The first kappa shape index (κ1) is 16.0. The molecule has 0 unspecified atom stereocenters. The van der Waals surface area contributed by atoms with Gasteiger partial charge in [-0.1, -0.05) is 78.9 Å². The van der Waals surface area contributed by atoms with Crippen molar-refractivity contribution in [3.63, 3.8) is 0 Å². The summed E-state index contributed by atoms with van der Waals surface area (Å²) in [6.07, 6.45) is 0.